The standard InChI is InChI=1S/C16H22N6O/c23-15(6-1-7-17-16-18-8-3-9-19-16)22-12-2-5-14(22)13-21-11-4-10-20-21/h3-4,8-11,14H,1-2,5-7,12-13H2,(H,17,18,19). The molecule has 0 aromatic carbocycles. The van der Waals surface area contributed by atoms with Gasteiger partial charge in [-0.25, -0.2) is 9.97 Å². The molecule has 0 aliphatic carbocycles. The van der Waals surface area contributed by atoms with Crippen LogP contribution in [0.4, 0.5) is 5.95 Å². The number of carbonyl (C=O) groups excluding carboxylic acids is 1. The van der Waals surface area contributed by atoms with E-state index in [9.17, 15) is 4.79 Å². The number of aromatic nitrogens is 4. The Labute approximate surface area is 135 Å². The summed E-state index contributed by atoms with van der Waals surface area (Å²) in [5.41, 5.74) is 0. The normalized spacial score (nSPS) is 17.4. The lowest BCUT2D eigenvalue weighted by atomic mass is 10.2. The number of likely N-dealkylation sites (tertiary alicyclic amines) is 1. The van der Waals surface area contributed by atoms with Crippen LogP contribution in [0.25, 0.3) is 0 Å². The quantitative estimate of drug-likeness (QED) is 0.785. The van der Waals surface area contributed by atoms with Crippen molar-refractivity contribution in [1.82, 2.24) is 24.6 Å². The molecule has 7 heteroatoms. The van der Waals surface area contributed by atoms with Gasteiger partial charge in [0.2, 0.25) is 11.9 Å². The second kappa shape index (κ2) is 7.71. The first kappa shape index (κ1) is 15.5. The summed E-state index contributed by atoms with van der Waals surface area (Å²) in [5, 5.41) is 7.37. The first-order chi connectivity index (χ1) is 11.3. The summed E-state index contributed by atoms with van der Waals surface area (Å²) < 4.78 is 1.91. The Balaban J connectivity index is 1.42. The van der Waals surface area contributed by atoms with Gasteiger partial charge in [-0.2, -0.15) is 5.10 Å². The molecule has 1 atom stereocenters. The van der Waals surface area contributed by atoms with E-state index in [1.807, 2.05) is 21.8 Å². The number of carbonyl (C=O) groups is 1. The smallest absolute Gasteiger partial charge is 0.222 e. The first-order valence-corrected chi connectivity index (χ1v) is 8.11. The molecule has 1 saturated heterocycles. The number of hydrogen-bond acceptors (Lipinski definition) is 5. The van der Waals surface area contributed by atoms with Crippen LogP contribution in [0.15, 0.2) is 36.9 Å². The molecule has 3 heterocycles. The monoisotopic (exact) mass is 314 g/mol. The van der Waals surface area contributed by atoms with Crippen LogP contribution in [0.3, 0.4) is 0 Å². The van der Waals surface area contributed by atoms with Crippen LogP contribution in [0.2, 0.25) is 0 Å². The maximum absolute atomic E-state index is 12.4. The lowest BCUT2D eigenvalue weighted by Crippen LogP contribution is -2.38. The number of nitrogens with zero attached hydrogens (tertiary/aromatic N) is 5. The van der Waals surface area contributed by atoms with E-state index in [0.717, 1.165) is 32.4 Å². The Kier molecular flexibility index (Phi) is 5.18. The molecule has 0 saturated carbocycles. The fraction of sp³-hybridized carbons (Fsp3) is 0.500. The van der Waals surface area contributed by atoms with E-state index in [4.69, 9.17) is 0 Å². The maximum atomic E-state index is 12.4. The molecule has 3 rings (SSSR count). The van der Waals surface area contributed by atoms with Crippen molar-refractivity contribution >= 4 is 11.9 Å². The second-order valence-corrected chi connectivity index (χ2v) is 5.71. The maximum Gasteiger partial charge on any atom is 0.222 e. The minimum Gasteiger partial charge on any atom is -0.354 e. The zero-order chi connectivity index (χ0) is 15.9. The van der Waals surface area contributed by atoms with Gasteiger partial charge in [0.05, 0.1) is 12.6 Å². The van der Waals surface area contributed by atoms with Gasteiger partial charge in [-0.15, -0.1) is 0 Å². The van der Waals surface area contributed by atoms with Gasteiger partial charge in [0.1, 0.15) is 0 Å². The Bertz CT molecular complexity index is 600. The van der Waals surface area contributed by atoms with E-state index in [-0.39, 0.29) is 11.9 Å². The average Bonchev–Trinajstić information content (AvgIpc) is 3.25. The van der Waals surface area contributed by atoms with Crippen molar-refractivity contribution in [1.29, 1.82) is 0 Å². The van der Waals surface area contributed by atoms with Crippen LogP contribution < -0.4 is 5.32 Å². The van der Waals surface area contributed by atoms with E-state index in [1.54, 1.807) is 24.7 Å². The Morgan fingerprint density at radius 3 is 2.91 bits per heavy atom. The van der Waals surface area contributed by atoms with Crippen molar-refractivity contribution in [3.8, 4) is 0 Å². The lowest BCUT2D eigenvalue weighted by molar-refractivity contribution is -0.132. The summed E-state index contributed by atoms with van der Waals surface area (Å²) in [6, 6.07) is 3.97. The molecular weight excluding hydrogens is 292 g/mol. The molecule has 122 valence electrons. The van der Waals surface area contributed by atoms with Crippen LogP contribution in [0.1, 0.15) is 25.7 Å². The molecule has 1 aliphatic rings. The van der Waals surface area contributed by atoms with E-state index < -0.39 is 0 Å². The Hall–Kier alpha value is -2.44. The average molecular weight is 314 g/mol. The number of rotatable bonds is 7. The van der Waals surface area contributed by atoms with E-state index in [1.165, 1.54) is 0 Å². The van der Waals surface area contributed by atoms with E-state index in [2.05, 4.69) is 20.4 Å². The topological polar surface area (TPSA) is 75.9 Å². The van der Waals surface area contributed by atoms with Gasteiger partial charge in [0.15, 0.2) is 0 Å². The third kappa shape index (κ3) is 4.28. The molecule has 1 aliphatic heterocycles. The molecule has 7 nitrogen and oxygen atoms in total. The predicted molar refractivity (Wildman–Crippen MR) is 86.7 cm³/mol. The lowest BCUT2D eigenvalue weighted by Gasteiger charge is -2.24. The molecule has 1 unspecified atom stereocenters. The Morgan fingerprint density at radius 1 is 1.26 bits per heavy atom. The molecule has 2 aromatic heterocycles. The number of anilines is 1. The largest absolute Gasteiger partial charge is 0.354 e. The van der Waals surface area contributed by atoms with Gasteiger partial charge in [-0.3, -0.25) is 9.48 Å². The van der Waals surface area contributed by atoms with Crippen LogP contribution in [-0.2, 0) is 11.3 Å². The van der Waals surface area contributed by atoms with Gasteiger partial charge in [0, 0.05) is 44.3 Å². The molecule has 0 bridgehead atoms. The van der Waals surface area contributed by atoms with E-state index >= 15 is 0 Å². The fourth-order valence-corrected chi connectivity index (χ4v) is 2.95. The molecule has 2 aromatic rings. The van der Waals surface area contributed by atoms with Gasteiger partial charge in [0.25, 0.3) is 0 Å². The summed E-state index contributed by atoms with van der Waals surface area (Å²) >= 11 is 0. The summed E-state index contributed by atoms with van der Waals surface area (Å²) in [6.45, 7) is 2.35. The summed E-state index contributed by atoms with van der Waals surface area (Å²) in [4.78, 5) is 22.6. The third-order valence-corrected chi connectivity index (χ3v) is 4.07. The van der Waals surface area contributed by atoms with Gasteiger partial charge in [-0.1, -0.05) is 0 Å². The molecule has 1 fully saturated rings. The highest BCUT2D eigenvalue weighted by Gasteiger charge is 2.28. The zero-order valence-corrected chi connectivity index (χ0v) is 13.1. The van der Waals surface area contributed by atoms with Crippen molar-refractivity contribution in [2.45, 2.75) is 38.3 Å². The highest BCUT2D eigenvalue weighted by molar-refractivity contribution is 5.76. The van der Waals surface area contributed by atoms with Crippen LogP contribution in [0.5, 0.6) is 0 Å². The second-order valence-electron chi connectivity index (χ2n) is 5.71. The zero-order valence-electron chi connectivity index (χ0n) is 13.1. The highest BCUT2D eigenvalue weighted by Crippen LogP contribution is 2.20. The number of hydrogen-bond donors (Lipinski definition) is 1. The third-order valence-electron chi connectivity index (χ3n) is 4.07. The summed E-state index contributed by atoms with van der Waals surface area (Å²) in [5.74, 6) is 0.841. The van der Waals surface area contributed by atoms with Crippen LogP contribution >= 0.6 is 0 Å². The minimum atomic E-state index is 0.232. The molecule has 0 radical (unpaired) electrons. The molecule has 1 amide bonds. The van der Waals surface area contributed by atoms with Gasteiger partial charge < -0.3 is 10.2 Å². The minimum absolute atomic E-state index is 0.232. The van der Waals surface area contributed by atoms with Gasteiger partial charge >= 0.3 is 0 Å². The van der Waals surface area contributed by atoms with E-state index in [0.29, 0.717) is 18.9 Å². The van der Waals surface area contributed by atoms with Crippen LogP contribution in [-0.4, -0.2) is 49.7 Å². The first-order valence-electron chi connectivity index (χ1n) is 8.11. The highest BCUT2D eigenvalue weighted by atomic mass is 16.2. The van der Waals surface area contributed by atoms with Crippen LogP contribution in [0, 0.1) is 0 Å². The number of amides is 1. The number of nitrogens with one attached hydrogen (secondary N) is 1. The van der Waals surface area contributed by atoms with Crippen molar-refractivity contribution in [2.75, 3.05) is 18.4 Å². The SMILES string of the molecule is O=C(CCCNc1ncccn1)N1CCCC1Cn1cccn1. The molecule has 23 heavy (non-hydrogen) atoms. The van der Waals surface area contributed by atoms with Gasteiger partial charge in [-0.05, 0) is 31.4 Å². The van der Waals surface area contributed by atoms with Crippen molar-refractivity contribution in [3.05, 3.63) is 36.9 Å². The molecule has 0 spiro atoms. The predicted octanol–water partition coefficient (Wildman–Crippen LogP) is 1.56. The Morgan fingerprint density at radius 2 is 2.13 bits per heavy atom. The summed E-state index contributed by atoms with van der Waals surface area (Å²) in [6.07, 6.45) is 10.6. The molecule has 1 N–H and O–H groups in total. The molecular formula is C16H22N6O. The van der Waals surface area contributed by atoms with Crippen molar-refractivity contribution in [2.24, 2.45) is 0 Å². The van der Waals surface area contributed by atoms with Crippen molar-refractivity contribution in [3.63, 3.8) is 0 Å². The summed E-state index contributed by atoms with van der Waals surface area (Å²) in [7, 11) is 0. The fourth-order valence-electron chi connectivity index (χ4n) is 2.95. The van der Waals surface area contributed by atoms with Crippen molar-refractivity contribution < 1.29 is 4.79 Å².